The van der Waals surface area contributed by atoms with Crippen LogP contribution in [0.2, 0.25) is 0 Å². The molecule has 0 unspecified atom stereocenters. The third-order valence-corrected chi connectivity index (χ3v) is 2.47. The summed E-state index contributed by atoms with van der Waals surface area (Å²) in [5, 5.41) is 11.7. The van der Waals surface area contributed by atoms with Gasteiger partial charge in [0, 0.05) is 0 Å². The second-order valence-corrected chi connectivity index (χ2v) is 3.95. The number of hydrogen-bond acceptors (Lipinski definition) is 3. The Balaban J connectivity index is 2.30. The van der Waals surface area contributed by atoms with Crippen molar-refractivity contribution in [1.82, 2.24) is 5.32 Å². The van der Waals surface area contributed by atoms with E-state index in [1.54, 1.807) is 6.08 Å². The lowest BCUT2D eigenvalue weighted by atomic mass is 10.2. The summed E-state index contributed by atoms with van der Waals surface area (Å²) in [7, 11) is 0. The first kappa shape index (κ1) is 14.3. The van der Waals surface area contributed by atoms with Gasteiger partial charge in [-0.3, -0.25) is 0 Å². The molecule has 1 atom stereocenters. The number of amides is 1. The molecule has 1 aromatic carbocycles. The summed E-state index contributed by atoms with van der Waals surface area (Å²) in [6, 6.07) is 9.16. The van der Waals surface area contributed by atoms with Crippen LogP contribution in [-0.4, -0.2) is 23.8 Å². The van der Waals surface area contributed by atoms with Crippen molar-refractivity contribution < 1.29 is 14.6 Å². The van der Waals surface area contributed by atoms with Crippen LogP contribution in [0.15, 0.2) is 43.0 Å². The fourth-order valence-electron chi connectivity index (χ4n) is 1.46. The van der Waals surface area contributed by atoms with E-state index < -0.39 is 6.09 Å². The second-order valence-electron chi connectivity index (χ2n) is 3.95. The van der Waals surface area contributed by atoms with Crippen molar-refractivity contribution >= 4 is 6.09 Å². The van der Waals surface area contributed by atoms with Crippen molar-refractivity contribution in [2.24, 2.45) is 0 Å². The zero-order valence-electron chi connectivity index (χ0n) is 10.3. The van der Waals surface area contributed by atoms with Crippen molar-refractivity contribution in [3.05, 3.63) is 48.6 Å². The summed E-state index contributed by atoms with van der Waals surface area (Å²) in [4.78, 5) is 11.5. The largest absolute Gasteiger partial charge is 0.445 e. The molecular weight excluding hydrogens is 230 g/mol. The number of alkyl carbamates (subject to hydrolysis) is 1. The molecule has 98 valence electrons. The normalized spacial score (nSPS) is 11.6. The molecule has 0 fully saturated rings. The molecule has 0 aliphatic rings. The minimum atomic E-state index is -0.512. The maximum atomic E-state index is 11.5. The van der Waals surface area contributed by atoms with Gasteiger partial charge in [-0.05, 0) is 18.4 Å². The van der Waals surface area contributed by atoms with Gasteiger partial charge in [0.05, 0.1) is 12.6 Å². The van der Waals surface area contributed by atoms with Crippen LogP contribution < -0.4 is 5.32 Å². The van der Waals surface area contributed by atoms with Crippen LogP contribution in [0.25, 0.3) is 0 Å². The second kappa shape index (κ2) is 8.31. The SMILES string of the molecule is C=CCC[C@H](CO)NC(=O)OCc1ccccc1. The zero-order chi connectivity index (χ0) is 13.2. The maximum Gasteiger partial charge on any atom is 0.407 e. The summed E-state index contributed by atoms with van der Waals surface area (Å²) in [6.45, 7) is 3.72. The van der Waals surface area contributed by atoms with Gasteiger partial charge in [0.1, 0.15) is 6.61 Å². The van der Waals surface area contributed by atoms with Crippen LogP contribution in [0.4, 0.5) is 4.79 Å². The first-order valence-corrected chi connectivity index (χ1v) is 5.95. The molecule has 1 rings (SSSR count). The van der Waals surface area contributed by atoms with Gasteiger partial charge in [-0.2, -0.15) is 0 Å². The molecule has 0 saturated carbocycles. The van der Waals surface area contributed by atoms with Crippen LogP contribution in [0.3, 0.4) is 0 Å². The Hall–Kier alpha value is -1.81. The third-order valence-electron chi connectivity index (χ3n) is 2.47. The number of aliphatic hydroxyl groups is 1. The van der Waals surface area contributed by atoms with Gasteiger partial charge in [0.15, 0.2) is 0 Å². The first-order valence-electron chi connectivity index (χ1n) is 5.95. The molecule has 0 spiro atoms. The highest BCUT2D eigenvalue weighted by molar-refractivity contribution is 5.67. The molecule has 0 radical (unpaired) electrons. The maximum absolute atomic E-state index is 11.5. The minimum absolute atomic E-state index is 0.103. The number of nitrogens with one attached hydrogen (secondary N) is 1. The number of rotatable bonds is 7. The summed E-state index contributed by atoms with van der Waals surface area (Å²) in [5.74, 6) is 0. The smallest absolute Gasteiger partial charge is 0.407 e. The van der Waals surface area contributed by atoms with E-state index >= 15 is 0 Å². The quantitative estimate of drug-likeness (QED) is 0.729. The van der Waals surface area contributed by atoms with Gasteiger partial charge in [0.25, 0.3) is 0 Å². The standard InChI is InChI=1S/C14H19NO3/c1-2-3-9-13(10-16)15-14(17)18-11-12-7-5-4-6-8-12/h2,4-8,13,16H,1,3,9-11H2,(H,15,17)/t13-/m1/s1. The van der Waals surface area contributed by atoms with Crippen LogP contribution in [0.1, 0.15) is 18.4 Å². The van der Waals surface area contributed by atoms with Gasteiger partial charge < -0.3 is 15.2 Å². The molecule has 0 heterocycles. The average molecular weight is 249 g/mol. The Morgan fingerprint density at radius 1 is 1.44 bits per heavy atom. The highest BCUT2D eigenvalue weighted by atomic mass is 16.5. The number of allylic oxidation sites excluding steroid dienone is 1. The third kappa shape index (κ3) is 5.50. The van der Waals surface area contributed by atoms with Crippen LogP contribution in [0.5, 0.6) is 0 Å². The number of carbonyl (C=O) groups is 1. The molecule has 0 saturated heterocycles. The highest BCUT2D eigenvalue weighted by Crippen LogP contribution is 2.02. The number of hydrogen-bond donors (Lipinski definition) is 2. The van der Waals surface area contributed by atoms with Crippen LogP contribution in [0, 0.1) is 0 Å². The van der Waals surface area contributed by atoms with Gasteiger partial charge in [0.2, 0.25) is 0 Å². The van der Waals surface area contributed by atoms with Crippen molar-refractivity contribution in [2.45, 2.75) is 25.5 Å². The predicted molar refractivity (Wildman–Crippen MR) is 70.1 cm³/mol. The molecule has 0 aliphatic heterocycles. The highest BCUT2D eigenvalue weighted by Gasteiger charge is 2.11. The van der Waals surface area contributed by atoms with E-state index in [9.17, 15) is 4.79 Å². The number of carbonyl (C=O) groups excluding carboxylic acids is 1. The average Bonchev–Trinajstić information content (AvgIpc) is 2.42. The van der Waals surface area contributed by atoms with Crippen molar-refractivity contribution in [3.63, 3.8) is 0 Å². The Bertz CT molecular complexity index is 365. The van der Waals surface area contributed by atoms with E-state index in [2.05, 4.69) is 11.9 Å². The molecule has 1 amide bonds. The molecule has 4 nitrogen and oxygen atoms in total. The molecule has 4 heteroatoms. The van der Waals surface area contributed by atoms with E-state index in [1.807, 2.05) is 30.3 Å². The van der Waals surface area contributed by atoms with Crippen molar-refractivity contribution in [3.8, 4) is 0 Å². The molecule has 0 bridgehead atoms. The van der Waals surface area contributed by atoms with Crippen LogP contribution >= 0.6 is 0 Å². The summed E-state index contributed by atoms with van der Waals surface area (Å²) in [5.41, 5.74) is 0.930. The van der Waals surface area contributed by atoms with Crippen molar-refractivity contribution in [2.75, 3.05) is 6.61 Å². The van der Waals surface area contributed by atoms with E-state index in [-0.39, 0.29) is 19.3 Å². The molecule has 0 aliphatic carbocycles. The molecule has 0 aromatic heterocycles. The Morgan fingerprint density at radius 3 is 2.78 bits per heavy atom. The Labute approximate surface area is 107 Å². The minimum Gasteiger partial charge on any atom is -0.445 e. The molecule has 1 aromatic rings. The van der Waals surface area contributed by atoms with E-state index in [1.165, 1.54) is 0 Å². The van der Waals surface area contributed by atoms with Gasteiger partial charge in [-0.25, -0.2) is 4.79 Å². The summed E-state index contributed by atoms with van der Waals surface area (Å²) >= 11 is 0. The molecule has 2 N–H and O–H groups in total. The van der Waals surface area contributed by atoms with E-state index in [4.69, 9.17) is 9.84 Å². The number of benzene rings is 1. The topological polar surface area (TPSA) is 58.6 Å². The van der Waals surface area contributed by atoms with Gasteiger partial charge in [-0.15, -0.1) is 6.58 Å². The summed E-state index contributed by atoms with van der Waals surface area (Å²) < 4.78 is 5.05. The Morgan fingerprint density at radius 2 is 2.17 bits per heavy atom. The molecular formula is C14H19NO3. The lowest BCUT2D eigenvalue weighted by Crippen LogP contribution is -2.37. The number of ether oxygens (including phenoxy) is 1. The molecule has 18 heavy (non-hydrogen) atoms. The zero-order valence-corrected chi connectivity index (χ0v) is 10.3. The fourth-order valence-corrected chi connectivity index (χ4v) is 1.46. The summed E-state index contributed by atoms with van der Waals surface area (Å²) in [6.07, 6.45) is 2.63. The monoisotopic (exact) mass is 249 g/mol. The lowest BCUT2D eigenvalue weighted by Gasteiger charge is -2.15. The Kier molecular flexibility index (Phi) is 6.58. The van der Waals surface area contributed by atoms with Gasteiger partial charge in [-0.1, -0.05) is 36.4 Å². The van der Waals surface area contributed by atoms with Crippen LogP contribution in [-0.2, 0) is 11.3 Å². The number of aliphatic hydroxyl groups excluding tert-OH is 1. The van der Waals surface area contributed by atoms with Crippen molar-refractivity contribution in [1.29, 1.82) is 0 Å². The lowest BCUT2D eigenvalue weighted by molar-refractivity contribution is 0.128. The first-order chi connectivity index (χ1) is 8.76. The van der Waals surface area contributed by atoms with E-state index in [0.29, 0.717) is 6.42 Å². The van der Waals surface area contributed by atoms with Gasteiger partial charge >= 0.3 is 6.09 Å². The predicted octanol–water partition coefficient (Wildman–Crippen LogP) is 2.24. The fraction of sp³-hybridized carbons (Fsp3) is 0.357. The van der Waals surface area contributed by atoms with E-state index in [0.717, 1.165) is 12.0 Å².